The van der Waals surface area contributed by atoms with Crippen molar-refractivity contribution in [1.82, 2.24) is 14.8 Å². The Kier molecular flexibility index (Phi) is 5.44. The molecular formula is C21H23FN4O2. The summed E-state index contributed by atoms with van der Waals surface area (Å²) in [5.74, 6) is -0.110. The van der Waals surface area contributed by atoms with E-state index in [1.54, 1.807) is 18.3 Å². The molecule has 7 heteroatoms. The van der Waals surface area contributed by atoms with Crippen LogP contribution in [0.5, 0.6) is 5.88 Å². The quantitative estimate of drug-likeness (QED) is 0.679. The van der Waals surface area contributed by atoms with Gasteiger partial charge in [0.1, 0.15) is 11.5 Å². The van der Waals surface area contributed by atoms with Gasteiger partial charge in [0.2, 0.25) is 5.88 Å². The Balaban J connectivity index is 2.26. The average Bonchev–Trinajstić information content (AvgIpc) is 3.07. The summed E-state index contributed by atoms with van der Waals surface area (Å²) in [7, 11) is 0. The Labute approximate surface area is 163 Å². The lowest BCUT2D eigenvalue weighted by Crippen LogP contribution is -2.18. The molecule has 0 atom stereocenters. The molecule has 28 heavy (non-hydrogen) atoms. The lowest BCUT2D eigenvalue weighted by molar-refractivity contribution is 0.208. The normalized spacial score (nSPS) is 11.2. The molecule has 0 fully saturated rings. The van der Waals surface area contributed by atoms with E-state index in [0.29, 0.717) is 5.69 Å². The van der Waals surface area contributed by atoms with Crippen molar-refractivity contribution >= 4 is 6.09 Å². The predicted molar refractivity (Wildman–Crippen MR) is 106 cm³/mol. The first kappa shape index (κ1) is 19.5. The van der Waals surface area contributed by atoms with Crippen molar-refractivity contribution in [2.24, 2.45) is 5.73 Å². The number of carbonyl (C=O) groups excluding carboxylic acids is 1. The number of carbonyl (C=O) groups is 1. The SMILES string of the molecule is CC(C)c1c(-c2cn(C(C)C)nc2-c2ccc(F)cc2)ccnc1OC(N)=O. The van der Waals surface area contributed by atoms with E-state index in [1.807, 2.05) is 44.6 Å². The maximum atomic E-state index is 13.4. The van der Waals surface area contributed by atoms with Crippen molar-refractivity contribution in [2.45, 2.75) is 39.7 Å². The molecule has 1 aromatic carbocycles. The van der Waals surface area contributed by atoms with E-state index in [-0.39, 0.29) is 23.7 Å². The Hall–Kier alpha value is -3.22. The number of hydrogen-bond donors (Lipinski definition) is 1. The van der Waals surface area contributed by atoms with Crippen molar-refractivity contribution in [1.29, 1.82) is 0 Å². The minimum absolute atomic E-state index is 0.0153. The molecule has 2 N–H and O–H groups in total. The first-order valence-corrected chi connectivity index (χ1v) is 9.09. The maximum absolute atomic E-state index is 13.4. The van der Waals surface area contributed by atoms with Gasteiger partial charge in [-0.15, -0.1) is 0 Å². The number of hydrogen-bond acceptors (Lipinski definition) is 4. The highest BCUT2D eigenvalue weighted by molar-refractivity contribution is 5.83. The van der Waals surface area contributed by atoms with Gasteiger partial charge in [-0.05, 0) is 55.7 Å². The second kappa shape index (κ2) is 7.80. The molecule has 0 aliphatic carbocycles. The molecule has 146 valence electrons. The summed E-state index contributed by atoms with van der Waals surface area (Å²) in [6, 6.07) is 8.21. The van der Waals surface area contributed by atoms with Gasteiger partial charge < -0.3 is 10.5 Å². The molecule has 0 radical (unpaired) electrons. The summed E-state index contributed by atoms with van der Waals surface area (Å²) in [6.45, 7) is 8.03. The van der Waals surface area contributed by atoms with Crippen molar-refractivity contribution in [3.8, 4) is 28.3 Å². The number of halogens is 1. The van der Waals surface area contributed by atoms with Gasteiger partial charge in [0.25, 0.3) is 0 Å². The smallest absolute Gasteiger partial charge is 0.391 e. The van der Waals surface area contributed by atoms with Gasteiger partial charge in [0.15, 0.2) is 0 Å². The summed E-state index contributed by atoms with van der Waals surface area (Å²) in [6.07, 6.45) is 2.60. The van der Waals surface area contributed by atoms with Crippen molar-refractivity contribution in [3.63, 3.8) is 0 Å². The Bertz CT molecular complexity index is 994. The topological polar surface area (TPSA) is 83.0 Å². The van der Waals surface area contributed by atoms with E-state index < -0.39 is 6.09 Å². The minimum atomic E-state index is -0.914. The summed E-state index contributed by atoms with van der Waals surface area (Å²) >= 11 is 0. The van der Waals surface area contributed by atoms with Gasteiger partial charge in [-0.1, -0.05) is 13.8 Å². The monoisotopic (exact) mass is 382 g/mol. The van der Waals surface area contributed by atoms with Crippen molar-refractivity contribution in [2.75, 3.05) is 0 Å². The molecule has 3 aromatic rings. The Morgan fingerprint density at radius 2 is 1.79 bits per heavy atom. The molecule has 0 unspecified atom stereocenters. The van der Waals surface area contributed by atoms with E-state index in [1.165, 1.54) is 12.1 Å². The van der Waals surface area contributed by atoms with Gasteiger partial charge in [-0.25, -0.2) is 14.2 Å². The van der Waals surface area contributed by atoms with Crippen molar-refractivity contribution in [3.05, 3.63) is 54.1 Å². The molecule has 2 aromatic heterocycles. The molecule has 0 saturated carbocycles. The standard InChI is InChI=1S/C21H23FN4O2/c1-12(2)18-16(9-10-24-20(18)28-21(23)27)17-11-26(13(3)4)25-19(17)14-5-7-15(22)8-6-14/h5-13H,1-4H3,(H2,23,27). The number of amides is 1. The fraction of sp³-hybridized carbons (Fsp3) is 0.286. The average molecular weight is 382 g/mol. The second-order valence-corrected chi connectivity index (χ2v) is 7.13. The minimum Gasteiger partial charge on any atom is -0.391 e. The summed E-state index contributed by atoms with van der Waals surface area (Å²) in [5.41, 5.74) is 9.16. The van der Waals surface area contributed by atoms with Crippen LogP contribution >= 0.6 is 0 Å². The van der Waals surface area contributed by atoms with Crippen LogP contribution in [0.2, 0.25) is 0 Å². The van der Waals surface area contributed by atoms with E-state index in [9.17, 15) is 9.18 Å². The number of pyridine rings is 1. The highest BCUT2D eigenvalue weighted by atomic mass is 19.1. The first-order chi connectivity index (χ1) is 13.3. The van der Waals surface area contributed by atoms with Gasteiger partial charge in [0.05, 0.1) is 0 Å². The van der Waals surface area contributed by atoms with E-state index in [0.717, 1.165) is 22.3 Å². The van der Waals surface area contributed by atoms with Crippen LogP contribution in [0, 0.1) is 5.82 Å². The number of aromatic nitrogens is 3. The fourth-order valence-electron chi connectivity index (χ4n) is 3.10. The molecule has 0 bridgehead atoms. The molecule has 0 aliphatic rings. The van der Waals surface area contributed by atoms with Crippen LogP contribution in [-0.4, -0.2) is 20.9 Å². The number of nitrogens with zero attached hydrogens (tertiary/aromatic N) is 3. The van der Waals surface area contributed by atoms with E-state index in [2.05, 4.69) is 4.98 Å². The molecule has 0 saturated heterocycles. The zero-order valence-corrected chi connectivity index (χ0v) is 16.3. The second-order valence-electron chi connectivity index (χ2n) is 7.13. The van der Waals surface area contributed by atoms with Gasteiger partial charge >= 0.3 is 6.09 Å². The van der Waals surface area contributed by atoms with E-state index in [4.69, 9.17) is 15.6 Å². The zero-order valence-electron chi connectivity index (χ0n) is 16.3. The number of rotatable bonds is 5. The largest absolute Gasteiger partial charge is 0.411 e. The van der Waals surface area contributed by atoms with Crippen LogP contribution in [0.15, 0.2) is 42.7 Å². The predicted octanol–water partition coefficient (Wildman–Crippen LogP) is 4.91. The molecule has 0 aliphatic heterocycles. The van der Waals surface area contributed by atoms with Crippen LogP contribution in [0.1, 0.15) is 45.2 Å². The maximum Gasteiger partial charge on any atom is 0.411 e. The zero-order chi connectivity index (χ0) is 20.4. The van der Waals surface area contributed by atoms with Gasteiger partial charge in [-0.3, -0.25) is 4.68 Å². The molecule has 1 amide bonds. The third kappa shape index (κ3) is 3.88. The summed E-state index contributed by atoms with van der Waals surface area (Å²) in [5, 5.41) is 4.72. The van der Waals surface area contributed by atoms with E-state index >= 15 is 0 Å². The molecule has 2 heterocycles. The number of nitrogens with two attached hydrogens (primary N) is 1. The summed E-state index contributed by atoms with van der Waals surface area (Å²) in [4.78, 5) is 15.5. The fourth-order valence-corrected chi connectivity index (χ4v) is 3.10. The van der Waals surface area contributed by atoms with Gasteiger partial charge in [0, 0.05) is 35.1 Å². The van der Waals surface area contributed by atoms with Crippen LogP contribution in [0.3, 0.4) is 0 Å². The number of ether oxygens (including phenoxy) is 1. The third-order valence-electron chi connectivity index (χ3n) is 4.40. The lowest BCUT2D eigenvalue weighted by atomic mass is 9.92. The summed E-state index contributed by atoms with van der Waals surface area (Å²) < 4.78 is 20.4. The van der Waals surface area contributed by atoms with Crippen LogP contribution in [-0.2, 0) is 0 Å². The molecule has 3 rings (SSSR count). The first-order valence-electron chi connectivity index (χ1n) is 9.09. The third-order valence-corrected chi connectivity index (χ3v) is 4.40. The van der Waals surface area contributed by atoms with Gasteiger partial charge in [-0.2, -0.15) is 5.10 Å². The number of benzene rings is 1. The molecule has 6 nitrogen and oxygen atoms in total. The molecule has 0 spiro atoms. The van der Waals surface area contributed by atoms with Crippen LogP contribution in [0.4, 0.5) is 9.18 Å². The Morgan fingerprint density at radius 3 is 2.36 bits per heavy atom. The Morgan fingerprint density at radius 1 is 1.11 bits per heavy atom. The van der Waals surface area contributed by atoms with Crippen LogP contribution < -0.4 is 10.5 Å². The van der Waals surface area contributed by atoms with Crippen LogP contribution in [0.25, 0.3) is 22.4 Å². The lowest BCUT2D eigenvalue weighted by Gasteiger charge is -2.16. The number of primary amides is 1. The highest BCUT2D eigenvalue weighted by Crippen LogP contribution is 2.39. The van der Waals surface area contributed by atoms with Crippen molar-refractivity contribution < 1.29 is 13.9 Å². The highest BCUT2D eigenvalue weighted by Gasteiger charge is 2.22. The molecular weight excluding hydrogens is 359 g/mol.